The van der Waals surface area contributed by atoms with Crippen molar-refractivity contribution in [2.75, 3.05) is 25.1 Å². The van der Waals surface area contributed by atoms with Crippen molar-refractivity contribution in [3.8, 4) is 0 Å². The fourth-order valence-electron chi connectivity index (χ4n) is 3.60. The average Bonchev–Trinajstić information content (AvgIpc) is 3.40. The molecule has 2 fully saturated rings. The summed E-state index contributed by atoms with van der Waals surface area (Å²) in [5.74, 6) is -2.27. The number of piperidine rings is 1. The molecule has 4 rings (SSSR count). The number of rotatable bonds is 4. The molecule has 2 aromatic heterocycles. The molecule has 0 spiro atoms. The Balaban J connectivity index is 1.83. The number of aromatic carboxylic acids is 1. The summed E-state index contributed by atoms with van der Waals surface area (Å²) in [6.07, 6.45) is 0.524. The SMILES string of the molecule is CON=C1CCN(c2nc3c(cc2F)c(=O)c(C(=O)O)cn3[C@@H]2C[C@@H]2F)CC1N. The maximum Gasteiger partial charge on any atom is 0.341 e. The van der Waals surface area contributed by atoms with Gasteiger partial charge in [0.25, 0.3) is 0 Å². The van der Waals surface area contributed by atoms with E-state index in [-0.39, 0.29) is 29.8 Å². The van der Waals surface area contributed by atoms with Crippen LogP contribution in [0.4, 0.5) is 14.6 Å². The summed E-state index contributed by atoms with van der Waals surface area (Å²) in [4.78, 5) is 34.6. The minimum Gasteiger partial charge on any atom is -0.477 e. The number of carboxylic acid groups (broad SMARTS) is 1. The number of nitrogens with two attached hydrogens (primary N) is 1. The van der Waals surface area contributed by atoms with Crippen molar-refractivity contribution in [3.05, 3.63) is 33.9 Å². The highest BCUT2D eigenvalue weighted by atomic mass is 19.1. The van der Waals surface area contributed by atoms with Crippen molar-refractivity contribution >= 4 is 28.5 Å². The van der Waals surface area contributed by atoms with E-state index in [0.29, 0.717) is 18.7 Å². The first kappa shape index (κ1) is 19.2. The molecule has 1 aliphatic carbocycles. The average molecular weight is 407 g/mol. The van der Waals surface area contributed by atoms with E-state index in [1.165, 1.54) is 11.7 Å². The number of alkyl halides is 1. The van der Waals surface area contributed by atoms with E-state index in [9.17, 15) is 23.5 Å². The van der Waals surface area contributed by atoms with Crippen LogP contribution in [0.2, 0.25) is 0 Å². The van der Waals surface area contributed by atoms with Crippen molar-refractivity contribution in [1.82, 2.24) is 9.55 Å². The summed E-state index contributed by atoms with van der Waals surface area (Å²) in [6.45, 7) is 0.599. The third-order valence-corrected chi connectivity index (χ3v) is 5.20. The third kappa shape index (κ3) is 3.31. The zero-order valence-electron chi connectivity index (χ0n) is 15.5. The number of carbonyl (C=O) groups is 1. The third-order valence-electron chi connectivity index (χ3n) is 5.20. The van der Waals surface area contributed by atoms with Gasteiger partial charge in [0.15, 0.2) is 11.6 Å². The van der Waals surface area contributed by atoms with E-state index in [2.05, 4.69) is 10.1 Å². The number of fused-ring (bicyclic) bond motifs is 1. The lowest BCUT2D eigenvalue weighted by Crippen LogP contribution is -2.49. The fourth-order valence-corrected chi connectivity index (χ4v) is 3.60. The van der Waals surface area contributed by atoms with Gasteiger partial charge in [-0.3, -0.25) is 4.79 Å². The van der Waals surface area contributed by atoms with Gasteiger partial charge >= 0.3 is 5.97 Å². The largest absolute Gasteiger partial charge is 0.477 e. The van der Waals surface area contributed by atoms with Gasteiger partial charge in [-0.25, -0.2) is 18.6 Å². The number of hydrogen-bond donors (Lipinski definition) is 2. The highest BCUT2D eigenvalue weighted by Crippen LogP contribution is 2.40. The van der Waals surface area contributed by atoms with Crippen molar-refractivity contribution < 1.29 is 23.5 Å². The lowest BCUT2D eigenvalue weighted by Gasteiger charge is -2.32. The van der Waals surface area contributed by atoms with Crippen LogP contribution in [0.3, 0.4) is 0 Å². The number of anilines is 1. The Labute approximate surface area is 163 Å². The Kier molecular flexibility index (Phi) is 4.69. The van der Waals surface area contributed by atoms with Crippen LogP contribution in [0.5, 0.6) is 0 Å². The molecule has 2 aliphatic rings. The van der Waals surface area contributed by atoms with Gasteiger partial charge in [0.1, 0.15) is 24.5 Å². The number of carboxylic acids is 1. The second-order valence-electron chi connectivity index (χ2n) is 7.14. The number of nitrogens with zero attached hydrogens (tertiary/aromatic N) is 4. The van der Waals surface area contributed by atoms with Crippen LogP contribution in [0.25, 0.3) is 11.0 Å². The molecule has 0 radical (unpaired) electrons. The monoisotopic (exact) mass is 407 g/mol. The van der Waals surface area contributed by atoms with Gasteiger partial charge in [-0.05, 0) is 6.07 Å². The molecule has 1 saturated carbocycles. The van der Waals surface area contributed by atoms with Crippen LogP contribution < -0.4 is 16.1 Å². The molecule has 2 aromatic rings. The number of hydrogen-bond acceptors (Lipinski definition) is 7. The van der Waals surface area contributed by atoms with E-state index in [0.717, 1.165) is 12.3 Å². The van der Waals surface area contributed by atoms with Gasteiger partial charge in [-0.1, -0.05) is 5.16 Å². The minimum absolute atomic E-state index is 0.0308. The van der Waals surface area contributed by atoms with Gasteiger partial charge < -0.3 is 25.1 Å². The molecule has 154 valence electrons. The highest BCUT2D eigenvalue weighted by Gasteiger charge is 2.40. The maximum atomic E-state index is 14.8. The molecular formula is C18H19F2N5O4. The van der Waals surface area contributed by atoms with Crippen LogP contribution in [-0.2, 0) is 4.84 Å². The molecule has 0 bridgehead atoms. The summed E-state index contributed by atoms with van der Waals surface area (Å²) >= 11 is 0. The quantitative estimate of drug-likeness (QED) is 0.727. The van der Waals surface area contributed by atoms with Gasteiger partial charge in [0.2, 0.25) is 5.43 Å². The van der Waals surface area contributed by atoms with Crippen molar-refractivity contribution in [1.29, 1.82) is 0 Å². The molecule has 1 aliphatic heterocycles. The van der Waals surface area contributed by atoms with Gasteiger partial charge in [-0.2, -0.15) is 0 Å². The first-order valence-corrected chi connectivity index (χ1v) is 9.05. The van der Waals surface area contributed by atoms with E-state index in [1.54, 1.807) is 4.90 Å². The van der Waals surface area contributed by atoms with Crippen LogP contribution in [-0.4, -0.2) is 58.8 Å². The smallest absolute Gasteiger partial charge is 0.341 e. The topological polar surface area (TPSA) is 123 Å². The Bertz CT molecular complexity index is 1090. The summed E-state index contributed by atoms with van der Waals surface area (Å²) < 4.78 is 29.9. The molecule has 11 heteroatoms. The van der Waals surface area contributed by atoms with Crippen LogP contribution in [0.15, 0.2) is 22.2 Å². The predicted octanol–water partition coefficient (Wildman–Crippen LogP) is 1.06. The molecule has 9 nitrogen and oxygen atoms in total. The molecule has 0 aromatic carbocycles. The number of halogens is 2. The Morgan fingerprint density at radius 3 is 2.79 bits per heavy atom. The molecule has 1 saturated heterocycles. The molecule has 3 atom stereocenters. The summed E-state index contributed by atoms with van der Waals surface area (Å²) in [5, 5.41) is 12.9. The number of pyridine rings is 2. The predicted molar refractivity (Wildman–Crippen MR) is 101 cm³/mol. The van der Waals surface area contributed by atoms with Crippen molar-refractivity contribution in [3.63, 3.8) is 0 Å². The molecule has 0 amide bonds. The van der Waals surface area contributed by atoms with Gasteiger partial charge in [-0.15, -0.1) is 0 Å². The molecule has 3 heterocycles. The normalized spacial score (nSPS) is 25.4. The highest BCUT2D eigenvalue weighted by molar-refractivity contribution is 5.93. The number of oxime groups is 1. The lowest BCUT2D eigenvalue weighted by molar-refractivity contribution is 0.0694. The van der Waals surface area contributed by atoms with Crippen molar-refractivity contribution in [2.45, 2.75) is 31.1 Å². The zero-order chi connectivity index (χ0) is 20.9. The lowest BCUT2D eigenvalue weighted by atomic mass is 10.0. The molecule has 1 unspecified atom stereocenters. The Hall–Kier alpha value is -3.08. The molecule has 3 N–H and O–H groups in total. The summed E-state index contributed by atoms with van der Waals surface area (Å²) in [7, 11) is 1.41. The first-order chi connectivity index (χ1) is 13.8. The Morgan fingerprint density at radius 1 is 1.48 bits per heavy atom. The number of aromatic nitrogens is 2. The van der Waals surface area contributed by atoms with Crippen LogP contribution in [0.1, 0.15) is 29.2 Å². The zero-order valence-corrected chi connectivity index (χ0v) is 15.5. The van der Waals surface area contributed by atoms with E-state index >= 15 is 0 Å². The summed E-state index contributed by atoms with van der Waals surface area (Å²) in [5.41, 5.74) is 5.35. The second kappa shape index (κ2) is 7.07. The van der Waals surface area contributed by atoms with Crippen LogP contribution in [0, 0.1) is 5.82 Å². The Morgan fingerprint density at radius 2 is 2.21 bits per heavy atom. The van der Waals surface area contributed by atoms with E-state index < -0.39 is 41.0 Å². The fraction of sp³-hybridized carbons (Fsp3) is 0.444. The van der Waals surface area contributed by atoms with E-state index in [4.69, 9.17) is 10.6 Å². The van der Waals surface area contributed by atoms with Gasteiger partial charge in [0, 0.05) is 32.1 Å². The van der Waals surface area contributed by atoms with Gasteiger partial charge in [0.05, 0.1) is 23.2 Å². The first-order valence-electron chi connectivity index (χ1n) is 9.05. The maximum absolute atomic E-state index is 14.8. The van der Waals surface area contributed by atoms with Crippen molar-refractivity contribution in [2.24, 2.45) is 10.9 Å². The minimum atomic E-state index is -1.46. The summed E-state index contributed by atoms with van der Waals surface area (Å²) in [6, 6.07) is -0.162. The second-order valence-corrected chi connectivity index (χ2v) is 7.14. The standard InChI is InChI=1S/C18H19F2N5O4/c1-29-23-13-2-3-24(7-12(13)21)17-11(20)4-8-15(26)9(18(27)28)6-25(16(8)22-17)14-5-10(14)19/h4,6,10,12,14H,2-3,5,7,21H2,1H3,(H,27,28)/t10-,12?,14+/m0/s1. The van der Waals surface area contributed by atoms with Crippen LogP contribution >= 0.6 is 0 Å². The van der Waals surface area contributed by atoms with E-state index in [1.807, 2.05) is 0 Å². The molecular weight excluding hydrogens is 388 g/mol. The molecule has 29 heavy (non-hydrogen) atoms.